The molecule has 19 heavy (non-hydrogen) atoms. The summed E-state index contributed by atoms with van der Waals surface area (Å²) in [5.74, 6) is 1.07. The first-order valence-electron chi connectivity index (χ1n) is 5.55. The highest BCUT2D eigenvalue weighted by Crippen LogP contribution is 2.30. The number of carbonyl (C=O) groups is 1. The van der Waals surface area contributed by atoms with Crippen molar-refractivity contribution in [3.05, 3.63) is 36.6 Å². The van der Waals surface area contributed by atoms with Crippen LogP contribution in [0.5, 0.6) is 5.75 Å². The second-order valence-electron chi connectivity index (χ2n) is 3.86. The van der Waals surface area contributed by atoms with Gasteiger partial charge in [0.05, 0.1) is 18.9 Å². The summed E-state index contributed by atoms with van der Waals surface area (Å²) in [6.07, 6.45) is 0.330. The highest BCUT2D eigenvalue weighted by molar-refractivity contribution is 5.94. The number of furan rings is 1. The van der Waals surface area contributed by atoms with Crippen molar-refractivity contribution in [1.82, 2.24) is 9.55 Å². The molecule has 2 aromatic heterocycles. The molecular formula is C13H10N2O4. The summed E-state index contributed by atoms with van der Waals surface area (Å²) in [4.78, 5) is 15.8. The van der Waals surface area contributed by atoms with Crippen molar-refractivity contribution >= 4 is 17.1 Å². The summed E-state index contributed by atoms with van der Waals surface area (Å²) < 4.78 is 11.5. The van der Waals surface area contributed by atoms with Gasteiger partial charge in [0.15, 0.2) is 11.6 Å². The number of methoxy groups -OCH3 is 1. The van der Waals surface area contributed by atoms with Crippen LogP contribution in [0.1, 0.15) is 0 Å². The number of benzene rings is 1. The molecule has 0 spiro atoms. The zero-order chi connectivity index (χ0) is 13.4. The second-order valence-corrected chi connectivity index (χ2v) is 3.86. The number of para-hydroxylation sites is 1. The molecule has 3 aromatic rings. The Morgan fingerprint density at radius 2 is 2.21 bits per heavy atom. The average molecular weight is 258 g/mol. The molecule has 2 heterocycles. The fourth-order valence-corrected chi connectivity index (χ4v) is 2.02. The van der Waals surface area contributed by atoms with E-state index in [0.29, 0.717) is 22.5 Å². The maximum Gasteiger partial charge on any atom is 0.418 e. The number of imidazole rings is 1. The van der Waals surface area contributed by atoms with Gasteiger partial charge in [0.25, 0.3) is 0 Å². The number of hydrogen-bond donors (Lipinski definition) is 1. The molecule has 0 saturated heterocycles. The third-order valence-electron chi connectivity index (χ3n) is 2.79. The van der Waals surface area contributed by atoms with Crippen LogP contribution >= 0.6 is 0 Å². The summed E-state index contributed by atoms with van der Waals surface area (Å²) in [6, 6.07) is 8.51. The molecular weight excluding hydrogens is 248 g/mol. The van der Waals surface area contributed by atoms with E-state index < -0.39 is 6.09 Å². The molecule has 0 radical (unpaired) electrons. The Balaban J connectivity index is 2.41. The van der Waals surface area contributed by atoms with Crippen LogP contribution in [-0.2, 0) is 0 Å². The van der Waals surface area contributed by atoms with Crippen molar-refractivity contribution in [2.45, 2.75) is 0 Å². The quantitative estimate of drug-likeness (QED) is 0.764. The van der Waals surface area contributed by atoms with Crippen LogP contribution in [0.25, 0.3) is 22.6 Å². The van der Waals surface area contributed by atoms with E-state index in [1.807, 2.05) is 0 Å². The number of carboxylic acid groups (broad SMARTS) is 1. The maximum absolute atomic E-state index is 11.5. The largest absolute Gasteiger partial charge is 0.494 e. The first-order valence-corrected chi connectivity index (χ1v) is 5.55. The molecule has 1 N–H and O–H groups in total. The van der Waals surface area contributed by atoms with E-state index in [-0.39, 0.29) is 5.82 Å². The van der Waals surface area contributed by atoms with E-state index >= 15 is 0 Å². The highest BCUT2D eigenvalue weighted by Gasteiger charge is 2.21. The first-order chi connectivity index (χ1) is 9.22. The lowest BCUT2D eigenvalue weighted by atomic mass is 10.3. The fraction of sp³-hybridized carbons (Fsp3) is 0.0769. The van der Waals surface area contributed by atoms with Crippen molar-refractivity contribution in [1.29, 1.82) is 0 Å². The SMILES string of the molecule is COc1cccc2nc(-c3ccco3)n(C(=O)O)c12. The van der Waals surface area contributed by atoms with Gasteiger partial charge in [-0.3, -0.25) is 0 Å². The van der Waals surface area contributed by atoms with Crippen LogP contribution in [-0.4, -0.2) is 27.9 Å². The predicted molar refractivity (Wildman–Crippen MR) is 67.4 cm³/mol. The normalized spacial score (nSPS) is 10.8. The minimum atomic E-state index is -1.14. The summed E-state index contributed by atoms with van der Waals surface area (Å²) in [6.45, 7) is 0. The van der Waals surface area contributed by atoms with E-state index in [0.717, 1.165) is 4.57 Å². The van der Waals surface area contributed by atoms with Gasteiger partial charge in [0.1, 0.15) is 11.3 Å². The van der Waals surface area contributed by atoms with Crippen molar-refractivity contribution < 1.29 is 19.1 Å². The van der Waals surface area contributed by atoms with Gasteiger partial charge in [-0.1, -0.05) is 6.07 Å². The third kappa shape index (κ3) is 1.65. The van der Waals surface area contributed by atoms with Crippen LogP contribution in [0.2, 0.25) is 0 Å². The van der Waals surface area contributed by atoms with Gasteiger partial charge in [-0.05, 0) is 24.3 Å². The lowest BCUT2D eigenvalue weighted by molar-refractivity contribution is 0.197. The van der Waals surface area contributed by atoms with Crippen molar-refractivity contribution in [2.75, 3.05) is 7.11 Å². The van der Waals surface area contributed by atoms with Crippen LogP contribution < -0.4 is 4.74 Å². The molecule has 0 fully saturated rings. The summed E-state index contributed by atoms with van der Waals surface area (Å²) in [5, 5.41) is 9.40. The van der Waals surface area contributed by atoms with Gasteiger partial charge in [-0.2, -0.15) is 0 Å². The number of fused-ring (bicyclic) bond motifs is 1. The lowest BCUT2D eigenvalue weighted by Gasteiger charge is -2.04. The average Bonchev–Trinajstić information content (AvgIpc) is 3.04. The third-order valence-corrected chi connectivity index (χ3v) is 2.79. The van der Waals surface area contributed by atoms with E-state index in [1.54, 1.807) is 30.3 Å². The molecule has 6 heteroatoms. The Morgan fingerprint density at radius 3 is 2.84 bits per heavy atom. The van der Waals surface area contributed by atoms with Crippen LogP contribution in [0.15, 0.2) is 41.0 Å². The fourth-order valence-electron chi connectivity index (χ4n) is 2.02. The number of aromatic nitrogens is 2. The molecule has 0 amide bonds. The van der Waals surface area contributed by atoms with Crippen molar-refractivity contribution in [2.24, 2.45) is 0 Å². The summed E-state index contributed by atoms with van der Waals surface area (Å²) >= 11 is 0. The highest BCUT2D eigenvalue weighted by atomic mass is 16.5. The molecule has 3 rings (SSSR count). The maximum atomic E-state index is 11.5. The summed E-state index contributed by atoms with van der Waals surface area (Å²) in [7, 11) is 1.49. The van der Waals surface area contributed by atoms with Crippen LogP contribution in [0.3, 0.4) is 0 Å². The van der Waals surface area contributed by atoms with E-state index in [9.17, 15) is 9.90 Å². The minimum absolute atomic E-state index is 0.233. The number of ether oxygens (including phenoxy) is 1. The van der Waals surface area contributed by atoms with Gasteiger partial charge in [0.2, 0.25) is 0 Å². The van der Waals surface area contributed by atoms with E-state index in [1.165, 1.54) is 13.4 Å². The predicted octanol–water partition coefficient (Wildman–Crippen LogP) is 2.83. The lowest BCUT2D eigenvalue weighted by Crippen LogP contribution is -2.09. The van der Waals surface area contributed by atoms with Crippen molar-refractivity contribution in [3.8, 4) is 17.3 Å². The van der Waals surface area contributed by atoms with E-state index in [4.69, 9.17) is 9.15 Å². The first kappa shape index (κ1) is 11.3. The van der Waals surface area contributed by atoms with E-state index in [2.05, 4.69) is 4.98 Å². The van der Waals surface area contributed by atoms with Gasteiger partial charge < -0.3 is 14.3 Å². The standard InChI is InChI=1S/C13H10N2O4/c1-18-9-5-2-4-8-11(9)15(13(16)17)12(14-8)10-6-3-7-19-10/h2-7H,1H3,(H,16,17). The molecule has 0 aliphatic rings. The monoisotopic (exact) mass is 258 g/mol. The molecule has 0 atom stereocenters. The molecule has 0 aliphatic heterocycles. The topological polar surface area (TPSA) is 77.5 Å². The Hall–Kier alpha value is -2.76. The van der Waals surface area contributed by atoms with Crippen LogP contribution in [0, 0.1) is 0 Å². The van der Waals surface area contributed by atoms with Gasteiger partial charge >= 0.3 is 6.09 Å². The second kappa shape index (κ2) is 4.16. The molecule has 6 nitrogen and oxygen atoms in total. The summed E-state index contributed by atoms with van der Waals surface area (Å²) in [5.41, 5.74) is 0.942. The molecule has 0 saturated carbocycles. The Bertz CT molecular complexity index is 743. The number of rotatable bonds is 2. The number of nitrogens with zero attached hydrogens (tertiary/aromatic N) is 2. The zero-order valence-corrected chi connectivity index (χ0v) is 10.0. The van der Waals surface area contributed by atoms with Gasteiger partial charge in [-0.15, -0.1) is 0 Å². The zero-order valence-electron chi connectivity index (χ0n) is 10.0. The minimum Gasteiger partial charge on any atom is -0.494 e. The molecule has 0 bridgehead atoms. The Labute approximate surface area is 107 Å². The van der Waals surface area contributed by atoms with Crippen molar-refractivity contribution in [3.63, 3.8) is 0 Å². The smallest absolute Gasteiger partial charge is 0.418 e. The molecule has 96 valence electrons. The molecule has 0 unspecified atom stereocenters. The number of hydrogen-bond acceptors (Lipinski definition) is 4. The Kier molecular flexibility index (Phi) is 2.49. The van der Waals surface area contributed by atoms with Gasteiger partial charge in [-0.25, -0.2) is 14.3 Å². The molecule has 0 aliphatic carbocycles. The molecule has 1 aromatic carbocycles. The Morgan fingerprint density at radius 1 is 1.37 bits per heavy atom. The van der Waals surface area contributed by atoms with Gasteiger partial charge in [0, 0.05) is 0 Å². The van der Waals surface area contributed by atoms with Crippen LogP contribution in [0.4, 0.5) is 4.79 Å².